The highest BCUT2D eigenvalue weighted by Crippen LogP contribution is 2.24. The van der Waals surface area contributed by atoms with Crippen molar-refractivity contribution < 1.29 is 0 Å². The predicted molar refractivity (Wildman–Crippen MR) is 87.9 cm³/mol. The molecule has 3 nitrogen and oxygen atoms in total. The van der Waals surface area contributed by atoms with Crippen LogP contribution in [-0.2, 0) is 13.0 Å². The summed E-state index contributed by atoms with van der Waals surface area (Å²) in [6.45, 7) is 4.94. The molecule has 2 aromatic heterocycles. The molecule has 0 bridgehead atoms. The van der Waals surface area contributed by atoms with Gasteiger partial charge in [0.25, 0.3) is 0 Å². The molecule has 0 saturated heterocycles. The summed E-state index contributed by atoms with van der Waals surface area (Å²) in [5, 5.41) is 1.21. The van der Waals surface area contributed by atoms with E-state index in [0.29, 0.717) is 22.6 Å². The second-order valence-electron chi connectivity index (χ2n) is 5.37. The van der Waals surface area contributed by atoms with E-state index in [-0.39, 0.29) is 0 Å². The summed E-state index contributed by atoms with van der Waals surface area (Å²) in [6, 6.07) is 4.46. The molecule has 2 rings (SSSR count). The van der Waals surface area contributed by atoms with Gasteiger partial charge in [-0.15, -0.1) is 0 Å². The Labute approximate surface area is 135 Å². The molecule has 2 aromatic rings. The Morgan fingerprint density at radius 1 is 1.24 bits per heavy atom. The van der Waals surface area contributed by atoms with E-state index in [1.165, 1.54) is 5.56 Å². The van der Waals surface area contributed by atoms with Gasteiger partial charge in [-0.25, -0.2) is 0 Å². The van der Waals surface area contributed by atoms with Crippen molar-refractivity contribution in [2.45, 2.75) is 32.9 Å². The SMILES string of the molecule is Cc1ccnc(C[C@@H](C)N(C)Cc2c(Cl)cncc2Cl)c1. The summed E-state index contributed by atoms with van der Waals surface area (Å²) in [6.07, 6.45) is 6.00. The molecule has 0 fully saturated rings. The number of nitrogens with zero attached hydrogens (tertiary/aromatic N) is 3. The van der Waals surface area contributed by atoms with Gasteiger partial charge >= 0.3 is 0 Å². The molecule has 0 aliphatic heterocycles. The largest absolute Gasteiger partial charge is 0.299 e. The van der Waals surface area contributed by atoms with Gasteiger partial charge in [-0.1, -0.05) is 23.2 Å². The maximum atomic E-state index is 6.17. The summed E-state index contributed by atoms with van der Waals surface area (Å²) in [7, 11) is 2.06. The average Bonchev–Trinajstić information content (AvgIpc) is 2.43. The Kier molecular flexibility index (Phi) is 5.57. The van der Waals surface area contributed by atoms with E-state index in [9.17, 15) is 0 Å². The Bertz CT molecular complexity index is 596. The van der Waals surface area contributed by atoms with Gasteiger partial charge in [0.05, 0.1) is 10.0 Å². The first-order valence-electron chi connectivity index (χ1n) is 6.87. The van der Waals surface area contributed by atoms with Crippen molar-refractivity contribution in [2.24, 2.45) is 0 Å². The fourth-order valence-corrected chi connectivity index (χ4v) is 2.65. The lowest BCUT2D eigenvalue weighted by molar-refractivity contribution is 0.247. The first kappa shape index (κ1) is 16.2. The number of aryl methyl sites for hydroxylation is 1. The molecule has 0 amide bonds. The van der Waals surface area contributed by atoms with Crippen LogP contribution < -0.4 is 0 Å². The molecule has 5 heteroatoms. The molecule has 0 aromatic carbocycles. The van der Waals surface area contributed by atoms with Crippen molar-refractivity contribution in [2.75, 3.05) is 7.05 Å². The number of rotatable bonds is 5. The minimum atomic E-state index is 0.333. The van der Waals surface area contributed by atoms with Crippen molar-refractivity contribution in [1.29, 1.82) is 0 Å². The van der Waals surface area contributed by atoms with Crippen LogP contribution in [-0.4, -0.2) is 28.0 Å². The quantitative estimate of drug-likeness (QED) is 0.827. The smallest absolute Gasteiger partial charge is 0.0649 e. The van der Waals surface area contributed by atoms with E-state index in [1.807, 2.05) is 12.3 Å². The third kappa shape index (κ3) is 4.40. The molecule has 0 saturated carbocycles. The zero-order valence-electron chi connectivity index (χ0n) is 12.5. The summed E-state index contributed by atoms with van der Waals surface area (Å²) >= 11 is 12.3. The van der Waals surface area contributed by atoms with Crippen LogP contribution in [0.1, 0.15) is 23.7 Å². The fourth-order valence-electron chi connectivity index (χ4n) is 2.16. The highest BCUT2D eigenvalue weighted by atomic mass is 35.5. The highest BCUT2D eigenvalue weighted by molar-refractivity contribution is 6.35. The summed E-state index contributed by atoms with van der Waals surface area (Å²) in [4.78, 5) is 10.6. The van der Waals surface area contributed by atoms with Crippen molar-refractivity contribution in [3.05, 3.63) is 57.6 Å². The van der Waals surface area contributed by atoms with Crippen molar-refractivity contribution >= 4 is 23.2 Å². The van der Waals surface area contributed by atoms with E-state index < -0.39 is 0 Å². The molecular formula is C16H19Cl2N3. The van der Waals surface area contributed by atoms with Gasteiger partial charge in [0.15, 0.2) is 0 Å². The molecule has 0 aliphatic carbocycles. The van der Waals surface area contributed by atoms with Gasteiger partial charge in [0.1, 0.15) is 0 Å². The van der Waals surface area contributed by atoms with E-state index in [0.717, 1.165) is 17.7 Å². The lowest BCUT2D eigenvalue weighted by atomic mass is 10.1. The fraction of sp³-hybridized carbons (Fsp3) is 0.375. The van der Waals surface area contributed by atoms with Crippen LogP contribution >= 0.6 is 23.2 Å². The highest BCUT2D eigenvalue weighted by Gasteiger charge is 2.15. The molecular weight excluding hydrogens is 305 g/mol. The first-order valence-corrected chi connectivity index (χ1v) is 7.62. The van der Waals surface area contributed by atoms with Gasteiger partial charge in [-0.3, -0.25) is 14.9 Å². The Morgan fingerprint density at radius 3 is 2.52 bits per heavy atom. The van der Waals surface area contributed by atoms with Crippen LogP contribution in [0.4, 0.5) is 0 Å². The van der Waals surface area contributed by atoms with E-state index in [4.69, 9.17) is 23.2 Å². The van der Waals surface area contributed by atoms with Gasteiger partial charge in [-0.2, -0.15) is 0 Å². The van der Waals surface area contributed by atoms with Gasteiger partial charge in [0.2, 0.25) is 0 Å². The van der Waals surface area contributed by atoms with E-state index in [1.54, 1.807) is 12.4 Å². The molecule has 0 N–H and O–H groups in total. The second-order valence-corrected chi connectivity index (χ2v) is 6.19. The second kappa shape index (κ2) is 7.21. The first-order chi connectivity index (χ1) is 9.97. The normalized spacial score (nSPS) is 12.7. The number of likely N-dealkylation sites (N-methyl/N-ethyl adjacent to an activating group) is 1. The van der Waals surface area contributed by atoms with Crippen LogP contribution in [0.2, 0.25) is 10.0 Å². The number of halogens is 2. The topological polar surface area (TPSA) is 29.0 Å². The minimum absolute atomic E-state index is 0.333. The molecule has 0 radical (unpaired) electrons. The maximum Gasteiger partial charge on any atom is 0.0649 e. The third-order valence-electron chi connectivity index (χ3n) is 3.59. The Hall–Kier alpha value is -1.16. The molecule has 112 valence electrons. The number of hydrogen-bond donors (Lipinski definition) is 0. The van der Waals surface area contributed by atoms with Crippen molar-refractivity contribution in [1.82, 2.24) is 14.9 Å². The Morgan fingerprint density at radius 2 is 1.90 bits per heavy atom. The minimum Gasteiger partial charge on any atom is -0.299 e. The van der Waals surface area contributed by atoms with Crippen LogP contribution in [0, 0.1) is 6.92 Å². The van der Waals surface area contributed by atoms with Gasteiger partial charge in [0, 0.05) is 48.9 Å². The number of hydrogen-bond acceptors (Lipinski definition) is 3. The third-order valence-corrected chi connectivity index (χ3v) is 4.24. The molecule has 21 heavy (non-hydrogen) atoms. The molecule has 0 aliphatic rings. The number of pyridine rings is 2. The molecule has 1 atom stereocenters. The number of aromatic nitrogens is 2. The summed E-state index contributed by atoms with van der Waals surface area (Å²) < 4.78 is 0. The van der Waals surface area contributed by atoms with Crippen molar-refractivity contribution in [3.63, 3.8) is 0 Å². The Balaban J connectivity index is 2.04. The van der Waals surface area contributed by atoms with Crippen molar-refractivity contribution in [3.8, 4) is 0 Å². The van der Waals surface area contributed by atoms with Gasteiger partial charge < -0.3 is 0 Å². The van der Waals surface area contributed by atoms with Crippen LogP contribution in [0.15, 0.2) is 30.7 Å². The summed E-state index contributed by atoms with van der Waals surface area (Å²) in [5.74, 6) is 0. The van der Waals surface area contributed by atoms with Crippen LogP contribution in [0.3, 0.4) is 0 Å². The molecule has 0 spiro atoms. The predicted octanol–water partition coefficient (Wildman–Crippen LogP) is 4.15. The molecule has 0 unspecified atom stereocenters. The average molecular weight is 324 g/mol. The van der Waals surface area contributed by atoms with Gasteiger partial charge in [-0.05, 0) is 38.6 Å². The van der Waals surface area contributed by atoms with E-state index >= 15 is 0 Å². The zero-order chi connectivity index (χ0) is 15.4. The lowest BCUT2D eigenvalue weighted by Crippen LogP contribution is -2.31. The maximum absolute atomic E-state index is 6.17. The molecule has 2 heterocycles. The summed E-state index contributed by atoms with van der Waals surface area (Å²) in [5.41, 5.74) is 3.25. The van der Waals surface area contributed by atoms with E-state index in [2.05, 4.69) is 41.8 Å². The monoisotopic (exact) mass is 323 g/mol. The van der Waals surface area contributed by atoms with Crippen LogP contribution in [0.5, 0.6) is 0 Å². The standard InChI is InChI=1S/C16H19Cl2N3/c1-11-4-5-20-13(6-11)7-12(2)21(3)10-14-15(17)8-19-9-16(14)18/h4-6,8-9,12H,7,10H2,1-3H3/t12-/m1/s1. The van der Waals surface area contributed by atoms with Crippen LogP contribution in [0.25, 0.3) is 0 Å². The zero-order valence-corrected chi connectivity index (χ0v) is 14.0. The lowest BCUT2D eigenvalue weighted by Gasteiger charge is -2.25.